The van der Waals surface area contributed by atoms with Crippen LogP contribution in [0.3, 0.4) is 0 Å². The molecule has 4 rings (SSSR count). The first kappa shape index (κ1) is 15.5. The van der Waals surface area contributed by atoms with E-state index in [0.717, 1.165) is 22.9 Å². The molecular formula is C19H19N3O3. The SMILES string of the molecule is Cc1ccc2cc(C(=O)N3CCC3CNC(=O)c3ccoc3)[nH]c2c1. The van der Waals surface area contributed by atoms with Crippen LogP contribution in [-0.4, -0.2) is 40.8 Å². The topological polar surface area (TPSA) is 78.3 Å². The van der Waals surface area contributed by atoms with E-state index in [2.05, 4.69) is 10.3 Å². The highest BCUT2D eigenvalue weighted by molar-refractivity contribution is 5.99. The molecule has 1 fully saturated rings. The second-order valence-corrected chi connectivity index (χ2v) is 6.44. The van der Waals surface area contributed by atoms with Gasteiger partial charge >= 0.3 is 0 Å². The van der Waals surface area contributed by atoms with Crippen molar-refractivity contribution in [1.29, 1.82) is 0 Å². The van der Waals surface area contributed by atoms with Gasteiger partial charge in [-0.15, -0.1) is 0 Å². The summed E-state index contributed by atoms with van der Waals surface area (Å²) in [5, 5.41) is 3.88. The zero-order valence-corrected chi connectivity index (χ0v) is 13.9. The largest absolute Gasteiger partial charge is 0.472 e. The third-order valence-corrected chi connectivity index (χ3v) is 4.69. The Morgan fingerprint density at radius 1 is 1.32 bits per heavy atom. The summed E-state index contributed by atoms with van der Waals surface area (Å²) in [5.74, 6) is -0.211. The fraction of sp³-hybridized carbons (Fsp3) is 0.263. The van der Waals surface area contributed by atoms with Crippen LogP contribution in [0, 0.1) is 6.92 Å². The van der Waals surface area contributed by atoms with E-state index in [0.29, 0.717) is 24.3 Å². The number of carbonyl (C=O) groups is 2. The van der Waals surface area contributed by atoms with Gasteiger partial charge in [-0.25, -0.2) is 0 Å². The molecule has 0 aliphatic carbocycles. The molecule has 1 saturated heterocycles. The predicted molar refractivity (Wildman–Crippen MR) is 93.5 cm³/mol. The summed E-state index contributed by atoms with van der Waals surface area (Å²) in [6.45, 7) is 3.17. The highest BCUT2D eigenvalue weighted by Crippen LogP contribution is 2.23. The number of furan rings is 1. The van der Waals surface area contributed by atoms with Gasteiger partial charge in [0.1, 0.15) is 12.0 Å². The van der Waals surface area contributed by atoms with E-state index in [1.165, 1.54) is 12.5 Å². The number of hydrogen-bond acceptors (Lipinski definition) is 3. The minimum Gasteiger partial charge on any atom is -0.472 e. The summed E-state index contributed by atoms with van der Waals surface area (Å²) in [6.07, 6.45) is 3.76. The van der Waals surface area contributed by atoms with Crippen molar-refractivity contribution < 1.29 is 14.0 Å². The van der Waals surface area contributed by atoms with Gasteiger partial charge in [0.15, 0.2) is 0 Å². The lowest BCUT2D eigenvalue weighted by Crippen LogP contribution is -2.56. The number of hydrogen-bond donors (Lipinski definition) is 2. The quantitative estimate of drug-likeness (QED) is 0.768. The molecule has 6 nitrogen and oxygen atoms in total. The minimum absolute atomic E-state index is 0.0245. The van der Waals surface area contributed by atoms with Gasteiger partial charge in [-0.1, -0.05) is 12.1 Å². The summed E-state index contributed by atoms with van der Waals surface area (Å²) < 4.78 is 4.91. The van der Waals surface area contributed by atoms with Crippen molar-refractivity contribution in [2.75, 3.05) is 13.1 Å². The van der Waals surface area contributed by atoms with Crippen LogP contribution in [-0.2, 0) is 0 Å². The monoisotopic (exact) mass is 337 g/mol. The van der Waals surface area contributed by atoms with Crippen LogP contribution in [0.1, 0.15) is 32.8 Å². The molecule has 0 saturated carbocycles. The van der Waals surface area contributed by atoms with Crippen LogP contribution < -0.4 is 5.32 Å². The Bertz CT molecular complexity index is 927. The van der Waals surface area contributed by atoms with E-state index in [4.69, 9.17) is 4.42 Å². The number of aromatic amines is 1. The standard InChI is InChI=1S/C19H19N3O3/c1-12-2-3-13-9-17(21-16(13)8-12)19(24)22-6-4-15(22)10-20-18(23)14-5-7-25-11-14/h2-3,5,7-9,11,15,21H,4,6,10H2,1H3,(H,20,23). The van der Waals surface area contributed by atoms with Crippen LogP contribution in [0.5, 0.6) is 0 Å². The molecule has 3 aromatic rings. The number of aromatic nitrogens is 1. The van der Waals surface area contributed by atoms with Gasteiger partial charge in [0, 0.05) is 24.0 Å². The molecule has 1 unspecified atom stereocenters. The summed E-state index contributed by atoms with van der Waals surface area (Å²) in [4.78, 5) is 29.7. The molecule has 3 heterocycles. The van der Waals surface area contributed by atoms with Gasteiger partial charge in [-0.05, 0) is 37.1 Å². The molecule has 25 heavy (non-hydrogen) atoms. The van der Waals surface area contributed by atoms with Crippen molar-refractivity contribution in [2.45, 2.75) is 19.4 Å². The van der Waals surface area contributed by atoms with Crippen molar-refractivity contribution >= 4 is 22.7 Å². The Morgan fingerprint density at radius 3 is 2.92 bits per heavy atom. The molecule has 1 aliphatic rings. The van der Waals surface area contributed by atoms with Crippen LogP contribution in [0.25, 0.3) is 10.9 Å². The Hall–Kier alpha value is -3.02. The summed E-state index contributed by atoms with van der Waals surface area (Å²) in [7, 11) is 0. The number of aryl methyl sites for hydroxylation is 1. The molecule has 2 amide bonds. The molecular weight excluding hydrogens is 318 g/mol. The Morgan fingerprint density at radius 2 is 2.20 bits per heavy atom. The molecule has 2 N–H and O–H groups in total. The lowest BCUT2D eigenvalue weighted by molar-refractivity contribution is 0.0451. The molecule has 0 spiro atoms. The number of carbonyl (C=O) groups excluding carboxylic acids is 2. The molecule has 0 radical (unpaired) electrons. The molecule has 1 aliphatic heterocycles. The van der Waals surface area contributed by atoms with Crippen molar-refractivity contribution in [3.05, 3.63) is 59.7 Å². The van der Waals surface area contributed by atoms with E-state index in [1.54, 1.807) is 11.0 Å². The van der Waals surface area contributed by atoms with Crippen molar-refractivity contribution in [3.8, 4) is 0 Å². The zero-order chi connectivity index (χ0) is 17.4. The third kappa shape index (κ3) is 2.91. The molecule has 0 bridgehead atoms. The van der Waals surface area contributed by atoms with Crippen LogP contribution in [0.4, 0.5) is 0 Å². The average Bonchev–Trinajstić information content (AvgIpc) is 3.22. The van der Waals surface area contributed by atoms with Crippen molar-refractivity contribution in [3.63, 3.8) is 0 Å². The number of nitrogens with zero attached hydrogens (tertiary/aromatic N) is 1. The average molecular weight is 337 g/mol. The molecule has 1 atom stereocenters. The zero-order valence-electron chi connectivity index (χ0n) is 13.9. The predicted octanol–water partition coefficient (Wildman–Crippen LogP) is 2.71. The molecule has 6 heteroatoms. The normalized spacial score (nSPS) is 16.7. The number of likely N-dealkylation sites (tertiary alicyclic amines) is 1. The van der Waals surface area contributed by atoms with E-state index < -0.39 is 0 Å². The maximum absolute atomic E-state index is 12.7. The van der Waals surface area contributed by atoms with E-state index in [9.17, 15) is 9.59 Å². The van der Waals surface area contributed by atoms with Gasteiger partial charge in [0.25, 0.3) is 11.8 Å². The Balaban J connectivity index is 1.42. The number of nitrogens with one attached hydrogen (secondary N) is 2. The van der Waals surface area contributed by atoms with Crippen molar-refractivity contribution in [2.24, 2.45) is 0 Å². The third-order valence-electron chi connectivity index (χ3n) is 4.69. The van der Waals surface area contributed by atoms with Gasteiger partial charge in [0.05, 0.1) is 17.9 Å². The highest BCUT2D eigenvalue weighted by atomic mass is 16.3. The molecule has 2 aromatic heterocycles. The lowest BCUT2D eigenvalue weighted by Gasteiger charge is -2.40. The van der Waals surface area contributed by atoms with E-state index >= 15 is 0 Å². The van der Waals surface area contributed by atoms with Gasteiger partial charge in [-0.2, -0.15) is 0 Å². The first-order valence-electron chi connectivity index (χ1n) is 8.32. The first-order valence-corrected chi connectivity index (χ1v) is 8.32. The fourth-order valence-corrected chi connectivity index (χ4v) is 3.14. The fourth-order valence-electron chi connectivity index (χ4n) is 3.14. The minimum atomic E-state index is -0.186. The van der Waals surface area contributed by atoms with Gasteiger partial charge in [-0.3, -0.25) is 9.59 Å². The number of benzene rings is 1. The second-order valence-electron chi connectivity index (χ2n) is 6.44. The molecule has 128 valence electrons. The highest BCUT2D eigenvalue weighted by Gasteiger charge is 2.33. The van der Waals surface area contributed by atoms with E-state index in [-0.39, 0.29) is 17.9 Å². The lowest BCUT2D eigenvalue weighted by atomic mass is 10.0. The summed E-state index contributed by atoms with van der Waals surface area (Å²) in [5.41, 5.74) is 3.19. The second kappa shape index (κ2) is 6.12. The summed E-state index contributed by atoms with van der Waals surface area (Å²) >= 11 is 0. The number of amides is 2. The van der Waals surface area contributed by atoms with Crippen molar-refractivity contribution in [1.82, 2.24) is 15.2 Å². The number of fused-ring (bicyclic) bond motifs is 1. The van der Waals surface area contributed by atoms with Crippen LogP contribution in [0.15, 0.2) is 47.3 Å². The van der Waals surface area contributed by atoms with Gasteiger partial charge < -0.3 is 19.6 Å². The summed E-state index contributed by atoms with van der Waals surface area (Å²) in [6, 6.07) is 9.60. The smallest absolute Gasteiger partial charge is 0.270 e. The van der Waals surface area contributed by atoms with E-state index in [1.807, 2.05) is 31.2 Å². The number of rotatable bonds is 4. The Labute approximate surface area is 144 Å². The van der Waals surface area contributed by atoms with Crippen LogP contribution in [0.2, 0.25) is 0 Å². The first-order chi connectivity index (χ1) is 12.1. The van der Waals surface area contributed by atoms with Gasteiger partial charge in [0.2, 0.25) is 0 Å². The van der Waals surface area contributed by atoms with Crippen LogP contribution >= 0.6 is 0 Å². The maximum atomic E-state index is 12.7. The molecule has 1 aromatic carbocycles. The Kier molecular flexibility index (Phi) is 3.80. The number of H-pyrrole nitrogens is 1. The maximum Gasteiger partial charge on any atom is 0.270 e.